The molecule has 9 nitrogen and oxygen atoms in total. The first-order chi connectivity index (χ1) is 17.3. The molecule has 3 N–H and O–H groups in total. The molecular weight excluding hydrogens is 503 g/mol. The second-order valence-corrected chi connectivity index (χ2v) is 11.4. The molecule has 0 radical (unpaired) electrons. The van der Waals surface area contributed by atoms with Crippen molar-refractivity contribution in [1.29, 1.82) is 0 Å². The molecule has 0 saturated carbocycles. The summed E-state index contributed by atoms with van der Waals surface area (Å²) in [7, 11) is -3.72. The van der Waals surface area contributed by atoms with E-state index in [-0.39, 0.29) is 31.4 Å². The summed E-state index contributed by atoms with van der Waals surface area (Å²) in [5, 5.41) is 29.2. The summed E-state index contributed by atoms with van der Waals surface area (Å²) in [4.78, 5) is 15.6. The number of aliphatic carboxylic acids is 1. The maximum Gasteiger partial charge on any atom is 0.305 e. The summed E-state index contributed by atoms with van der Waals surface area (Å²) >= 11 is 0. The third kappa shape index (κ3) is 6.92. The summed E-state index contributed by atoms with van der Waals surface area (Å²) in [5.74, 6) is -1.54. The molecule has 2 heterocycles. The third-order valence-electron chi connectivity index (χ3n) is 6.00. The van der Waals surface area contributed by atoms with Crippen molar-refractivity contribution in [2.45, 2.75) is 64.4 Å². The van der Waals surface area contributed by atoms with Gasteiger partial charge in [-0.25, -0.2) is 22.1 Å². The Morgan fingerprint density at radius 3 is 2.49 bits per heavy atom. The fraction of sp³-hybridized carbons (Fsp3) is 0.462. The minimum Gasteiger partial charge on any atom is -0.481 e. The first-order valence-corrected chi connectivity index (χ1v) is 13.8. The van der Waals surface area contributed by atoms with E-state index in [9.17, 15) is 27.8 Å². The van der Waals surface area contributed by atoms with E-state index in [1.165, 1.54) is 22.5 Å². The molecule has 11 heteroatoms. The van der Waals surface area contributed by atoms with Gasteiger partial charge in [-0.05, 0) is 36.1 Å². The van der Waals surface area contributed by atoms with Gasteiger partial charge in [0.2, 0.25) is 10.0 Å². The topological polar surface area (TPSA) is 137 Å². The number of hydrogen-bond acceptors (Lipinski definition) is 7. The molecular formula is C26H33FN2O7S. The number of carboxylic acids is 1. The highest BCUT2D eigenvalue weighted by Gasteiger charge is 2.34. The number of aliphatic hydroxyl groups excluding tert-OH is 2. The number of carbonyl (C=O) groups is 1. The average molecular weight is 537 g/mol. The molecule has 1 aromatic heterocycles. The molecule has 202 valence electrons. The highest BCUT2D eigenvalue weighted by Crippen LogP contribution is 2.41. The summed E-state index contributed by atoms with van der Waals surface area (Å²) in [6.45, 7) is 5.74. The van der Waals surface area contributed by atoms with Gasteiger partial charge in [0.25, 0.3) is 0 Å². The van der Waals surface area contributed by atoms with E-state index in [1.54, 1.807) is 25.1 Å². The maximum absolute atomic E-state index is 13.8. The number of benzene rings is 1. The Labute approximate surface area is 216 Å². The molecule has 1 aliphatic heterocycles. The Kier molecular flexibility index (Phi) is 9.06. The van der Waals surface area contributed by atoms with Crippen LogP contribution in [0.4, 0.5) is 10.2 Å². The van der Waals surface area contributed by atoms with E-state index >= 15 is 0 Å². The van der Waals surface area contributed by atoms with Crippen LogP contribution in [0, 0.1) is 5.82 Å². The minimum atomic E-state index is -3.72. The monoisotopic (exact) mass is 536 g/mol. The van der Waals surface area contributed by atoms with E-state index in [1.807, 2.05) is 13.8 Å². The van der Waals surface area contributed by atoms with Crippen molar-refractivity contribution in [3.05, 3.63) is 53.0 Å². The van der Waals surface area contributed by atoms with Crippen molar-refractivity contribution in [2.24, 2.45) is 0 Å². The summed E-state index contributed by atoms with van der Waals surface area (Å²) in [6, 6.07) is 5.26. The van der Waals surface area contributed by atoms with Crippen LogP contribution < -0.4 is 4.31 Å². The van der Waals surface area contributed by atoms with Crippen molar-refractivity contribution in [3.8, 4) is 11.1 Å². The molecule has 37 heavy (non-hydrogen) atoms. The zero-order chi connectivity index (χ0) is 27.5. The Hall–Kier alpha value is -2.86. The van der Waals surface area contributed by atoms with Crippen LogP contribution in [-0.4, -0.2) is 65.8 Å². The van der Waals surface area contributed by atoms with Crippen LogP contribution in [0.5, 0.6) is 0 Å². The van der Waals surface area contributed by atoms with Crippen LogP contribution in [0.3, 0.4) is 0 Å². The SMILES string of the molecule is CC(C)c1nc2c(c(-c3ccc(F)cc3)c1C=CC(O)CC(O)CC(=O)O)COCC(C)N2S(C)(=O)=O. The molecule has 0 saturated heterocycles. The molecule has 1 aliphatic rings. The molecule has 3 atom stereocenters. The number of nitrogens with zero attached hydrogens (tertiary/aromatic N) is 2. The number of sulfonamides is 1. The van der Waals surface area contributed by atoms with Gasteiger partial charge in [0.05, 0.1) is 49.8 Å². The Morgan fingerprint density at radius 1 is 1.27 bits per heavy atom. The normalized spacial score (nSPS) is 18.1. The number of halogens is 1. The summed E-state index contributed by atoms with van der Waals surface area (Å²) in [5.41, 5.74) is 2.83. The summed E-state index contributed by atoms with van der Waals surface area (Å²) < 4.78 is 46.6. The van der Waals surface area contributed by atoms with Gasteiger partial charge in [0.15, 0.2) is 0 Å². The Balaban J connectivity index is 2.27. The number of hydrogen-bond donors (Lipinski definition) is 3. The number of aromatic nitrogens is 1. The van der Waals surface area contributed by atoms with Gasteiger partial charge in [0.1, 0.15) is 11.6 Å². The highest BCUT2D eigenvalue weighted by molar-refractivity contribution is 7.92. The molecule has 0 amide bonds. The lowest BCUT2D eigenvalue weighted by Gasteiger charge is -2.29. The average Bonchev–Trinajstić information content (AvgIpc) is 2.94. The predicted molar refractivity (Wildman–Crippen MR) is 138 cm³/mol. The molecule has 0 bridgehead atoms. The van der Waals surface area contributed by atoms with Crippen molar-refractivity contribution >= 4 is 27.9 Å². The van der Waals surface area contributed by atoms with Crippen molar-refractivity contribution in [1.82, 2.24) is 4.98 Å². The second-order valence-electron chi connectivity index (χ2n) is 9.59. The van der Waals surface area contributed by atoms with E-state index < -0.39 is 46.5 Å². The van der Waals surface area contributed by atoms with Crippen molar-refractivity contribution < 1.29 is 37.7 Å². The van der Waals surface area contributed by atoms with Crippen molar-refractivity contribution in [2.75, 3.05) is 17.2 Å². The standard InChI is InChI=1S/C26H33FN2O7S/c1-15(2)25-21(10-9-19(30)11-20(31)12-23(32)33)24(17-5-7-18(27)8-6-17)22-14-36-13-16(3)29(26(22)28-25)37(4,34)35/h5-10,15-16,19-20,30-31H,11-14H2,1-4H3,(H,32,33). The quantitative estimate of drug-likeness (QED) is 0.444. The molecule has 1 aromatic carbocycles. The molecule has 0 spiro atoms. The largest absolute Gasteiger partial charge is 0.481 e. The Bertz CT molecular complexity index is 1260. The van der Waals surface area contributed by atoms with Gasteiger partial charge in [-0.2, -0.15) is 0 Å². The van der Waals surface area contributed by atoms with Crippen LogP contribution in [0.1, 0.15) is 56.4 Å². The van der Waals surface area contributed by atoms with E-state index in [4.69, 9.17) is 14.8 Å². The number of rotatable bonds is 9. The number of fused-ring (bicyclic) bond motifs is 1. The third-order valence-corrected chi connectivity index (χ3v) is 7.25. The van der Waals surface area contributed by atoms with Gasteiger partial charge in [-0.1, -0.05) is 38.1 Å². The van der Waals surface area contributed by atoms with Gasteiger partial charge >= 0.3 is 5.97 Å². The van der Waals surface area contributed by atoms with Gasteiger partial charge in [0, 0.05) is 17.5 Å². The lowest BCUT2D eigenvalue weighted by Crippen LogP contribution is -2.40. The van der Waals surface area contributed by atoms with Crippen LogP contribution in [-0.2, 0) is 26.2 Å². The molecule has 0 fully saturated rings. The zero-order valence-electron chi connectivity index (χ0n) is 21.3. The van der Waals surface area contributed by atoms with E-state index in [2.05, 4.69) is 0 Å². The van der Waals surface area contributed by atoms with Crippen molar-refractivity contribution in [3.63, 3.8) is 0 Å². The number of pyridine rings is 1. The first-order valence-electron chi connectivity index (χ1n) is 12.0. The molecule has 2 aromatic rings. The predicted octanol–water partition coefficient (Wildman–Crippen LogP) is 3.30. The lowest BCUT2D eigenvalue weighted by atomic mass is 9.90. The first kappa shape index (κ1) is 28.7. The van der Waals surface area contributed by atoms with Crippen LogP contribution in [0.2, 0.25) is 0 Å². The maximum atomic E-state index is 13.8. The van der Waals surface area contributed by atoms with E-state index in [0.29, 0.717) is 27.9 Å². The molecule has 0 aliphatic carbocycles. The van der Waals surface area contributed by atoms with Crippen LogP contribution >= 0.6 is 0 Å². The van der Waals surface area contributed by atoms with Gasteiger partial charge < -0.3 is 20.1 Å². The van der Waals surface area contributed by atoms with E-state index in [0.717, 1.165) is 6.26 Å². The number of carboxylic acid groups (broad SMARTS) is 1. The number of ether oxygens (including phenoxy) is 1. The molecule has 3 rings (SSSR count). The van der Waals surface area contributed by atoms with Gasteiger partial charge in [-0.3, -0.25) is 4.79 Å². The van der Waals surface area contributed by atoms with Gasteiger partial charge in [-0.15, -0.1) is 0 Å². The molecule has 3 unspecified atom stereocenters. The fourth-order valence-electron chi connectivity index (χ4n) is 4.46. The second kappa shape index (κ2) is 11.7. The highest BCUT2D eigenvalue weighted by atomic mass is 32.2. The van der Waals surface area contributed by atoms with Crippen LogP contribution in [0.25, 0.3) is 17.2 Å². The number of aliphatic hydroxyl groups is 2. The smallest absolute Gasteiger partial charge is 0.305 e. The zero-order valence-corrected chi connectivity index (χ0v) is 22.1. The lowest BCUT2D eigenvalue weighted by molar-refractivity contribution is -0.139. The Morgan fingerprint density at radius 2 is 1.92 bits per heavy atom. The summed E-state index contributed by atoms with van der Waals surface area (Å²) in [6.07, 6.45) is 1.09. The minimum absolute atomic E-state index is 0.0600. The fourth-order valence-corrected chi connectivity index (χ4v) is 5.64. The number of anilines is 1. The van der Waals surface area contributed by atoms with Crippen LogP contribution in [0.15, 0.2) is 30.3 Å².